The monoisotopic (exact) mass is 197 g/mol. The Kier molecular flexibility index (Phi) is 2.27. The molecule has 1 nitrogen and oxygen atoms in total. The van der Waals surface area contributed by atoms with E-state index in [0.29, 0.717) is 18.5 Å². The van der Waals surface area contributed by atoms with Crippen molar-refractivity contribution in [1.29, 1.82) is 0 Å². The van der Waals surface area contributed by atoms with Gasteiger partial charge in [0.25, 0.3) is 0 Å². The van der Waals surface area contributed by atoms with E-state index in [1.807, 2.05) is 6.92 Å². The van der Waals surface area contributed by atoms with E-state index in [2.05, 4.69) is 5.32 Å². The molecule has 2 atom stereocenters. The average molecular weight is 197 g/mol. The summed E-state index contributed by atoms with van der Waals surface area (Å²) in [5.74, 6) is -0.267. The number of alkyl halides is 1. The Bertz CT molecular complexity index is 340. The first-order valence-corrected chi connectivity index (χ1v) is 4.76. The normalized spacial score (nSPS) is 32.1. The number of halogens is 2. The molecular formula is C11H13F2N. The molecule has 0 amide bonds. The third-order valence-electron chi connectivity index (χ3n) is 2.81. The van der Waals surface area contributed by atoms with Crippen LogP contribution in [-0.2, 0) is 5.54 Å². The largest absolute Gasteiger partial charge is 0.305 e. The van der Waals surface area contributed by atoms with Crippen LogP contribution in [0.25, 0.3) is 0 Å². The van der Waals surface area contributed by atoms with E-state index in [1.54, 1.807) is 18.2 Å². The fourth-order valence-electron chi connectivity index (χ4n) is 2.04. The third kappa shape index (κ3) is 1.52. The molecule has 1 N–H and O–H groups in total. The molecular weight excluding hydrogens is 184 g/mol. The van der Waals surface area contributed by atoms with Gasteiger partial charge in [-0.05, 0) is 13.0 Å². The van der Waals surface area contributed by atoms with E-state index in [9.17, 15) is 8.78 Å². The highest BCUT2D eigenvalue weighted by Crippen LogP contribution is 2.32. The molecule has 1 saturated heterocycles. The highest BCUT2D eigenvalue weighted by Gasteiger charge is 2.37. The summed E-state index contributed by atoms with van der Waals surface area (Å²) in [6.45, 7) is 2.15. The van der Waals surface area contributed by atoms with E-state index in [1.165, 1.54) is 6.07 Å². The zero-order chi connectivity index (χ0) is 10.2. The van der Waals surface area contributed by atoms with E-state index in [0.717, 1.165) is 0 Å². The Morgan fingerprint density at radius 3 is 2.71 bits per heavy atom. The first-order chi connectivity index (χ1) is 6.62. The zero-order valence-electron chi connectivity index (χ0n) is 8.06. The summed E-state index contributed by atoms with van der Waals surface area (Å²) in [6, 6.07) is 6.54. The van der Waals surface area contributed by atoms with Gasteiger partial charge in [-0.2, -0.15) is 0 Å². The van der Waals surface area contributed by atoms with Crippen molar-refractivity contribution in [3.05, 3.63) is 35.6 Å². The van der Waals surface area contributed by atoms with Crippen LogP contribution < -0.4 is 5.32 Å². The molecule has 1 aromatic rings. The minimum absolute atomic E-state index is 0.267. The van der Waals surface area contributed by atoms with Gasteiger partial charge in [-0.1, -0.05) is 18.2 Å². The molecule has 0 spiro atoms. The molecule has 76 valence electrons. The second-order valence-electron chi connectivity index (χ2n) is 3.99. The summed E-state index contributed by atoms with van der Waals surface area (Å²) in [6.07, 6.45) is -0.534. The first kappa shape index (κ1) is 9.59. The maximum absolute atomic E-state index is 13.5. The minimum Gasteiger partial charge on any atom is -0.305 e. The lowest BCUT2D eigenvalue weighted by Gasteiger charge is -2.25. The van der Waals surface area contributed by atoms with Crippen LogP contribution in [0.3, 0.4) is 0 Å². The van der Waals surface area contributed by atoms with Crippen molar-refractivity contribution in [2.45, 2.75) is 25.1 Å². The Hall–Kier alpha value is -0.960. The second-order valence-corrected chi connectivity index (χ2v) is 3.99. The first-order valence-electron chi connectivity index (χ1n) is 4.76. The van der Waals surface area contributed by atoms with Gasteiger partial charge in [0.1, 0.15) is 12.0 Å². The predicted molar refractivity (Wildman–Crippen MR) is 51.3 cm³/mol. The highest BCUT2D eigenvalue weighted by atomic mass is 19.1. The van der Waals surface area contributed by atoms with Crippen molar-refractivity contribution in [2.24, 2.45) is 0 Å². The number of nitrogens with one attached hydrogen (secondary N) is 1. The van der Waals surface area contributed by atoms with Gasteiger partial charge in [0, 0.05) is 24.1 Å². The van der Waals surface area contributed by atoms with Crippen LogP contribution in [-0.4, -0.2) is 12.7 Å². The number of rotatable bonds is 1. The van der Waals surface area contributed by atoms with E-state index >= 15 is 0 Å². The highest BCUT2D eigenvalue weighted by molar-refractivity contribution is 5.27. The molecule has 0 saturated carbocycles. The van der Waals surface area contributed by atoms with Crippen molar-refractivity contribution >= 4 is 0 Å². The van der Waals surface area contributed by atoms with E-state index in [-0.39, 0.29) is 5.82 Å². The van der Waals surface area contributed by atoms with Gasteiger partial charge in [0.15, 0.2) is 0 Å². The topological polar surface area (TPSA) is 12.0 Å². The SMILES string of the molecule is CC1(c2ccccc2F)CC(F)CN1. The second kappa shape index (κ2) is 3.31. The third-order valence-corrected chi connectivity index (χ3v) is 2.81. The molecule has 0 radical (unpaired) electrons. The summed E-state index contributed by atoms with van der Waals surface area (Å²) in [5, 5.41) is 3.02. The quantitative estimate of drug-likeness (QED) is 0.728. The minimum atomic E-state index is -0.875. The van der Waals surface area contributed by atoms with Gasteiger partial charge in [-0.3, -0.25) is 0 Å². The summed E-state index contributed by atoms with van der Waals surface area (Å²) in [7, 11) is 0. The summed E-state index contributed by atoms with van der Waals surface area (Å²) < 4.78 is 26.5. The van der Waals surface area contributed by atoms with Crippen LogP contribution in [0.1, 0.15) is 18.9 Å². The van der Waals surface area contributed by atoms with Crippen molar-refractivity contribution in [3.8, 4) is 0 Å². The van der Waals surface area contributed by atoms with Crippen LogP contribution in [0.15, 0.2) is 24.3 Å². The molecule has 2 rings (SSSR count). The molecule has 0 bridgehead atoms. The lowest BCUT2D eigenvalue weighted by Crippen LogP contribution is -2.34. The van der Waals surface area contributed by atoms with Crippen LogP contribution in [0.2, 0.25) is 0 Å². The van der Waals surface area contributed by atoms with Gasteiger partial charge in [0.2, 0.25) is 0 Å². The zero-order valence-corrected chi connectivity index (χ0v) is 8.06. The van der Waals surface area contributed by atoms with Crippen LogP contribution >= 0.6 is 0 Å². The maximum Gasteiger partial charge on any atom is 0.128 e. The molecule has 1 fully saturated rings. The fourth-order valence-corrected chi connectivity index (χ4v) is 2.04. The molecule has 1 heterocycles. The lowest BCUT2D eigenvalue weighted by molar-refractivity contribution is 0.329. The van der Waals surface area contributed by atoms with Gasteiger partial charge < -0.3 is 5.32 Å². The van der Waals surface area contributed by atoms with Crippen LogP contribution in [0.5, 0.6) is 0 Å². The molecule has 1 aromatic carbocycles. The molecule has 2 unspecified atom stereocenters. The molecule has 14 heavy (non-hydrogen) atoms. The van der Waals surface area contributed by atoms with E-state index in [4.69, 9.17) is 0 Å². The van der Waals surface area contributed by atoms with Crippen LogP contribution in [0.4, 0.5) is 8.78 Å². The molecule has 1 aliphatic heterocycles. The summed E-state index contributed by atoms with van der Waals surface area (Å²) >= 11 is 0. The number of benzene rings is 1. The predicted octanol–water partition coefficient (Wildman–Crippen LogP) is 2.37. The van der Waals surface area contributed by atoms with Crippen molar-refractivity contribution in [1.82, 2.24) is 5.32 Å². The van der Waals surface area contributed by atoms with Crippen LogP contribution in [0, 0.1) is 5.82 Å². The lowest BCUT2D eigenvalue weighted by atomic mass is 9.90. The smallest absolute Gasteiger partial charge is 0.128 e. The van der Waals surface area contributed by atoms with Gasteiger partial charge in [0.05, 0.1) is 0 Å². The van der Waals surface area contributed by atoms with Crippen molar-refractivity contribution < 1.29 is 8.78 Å². The Morgan fingerprint density at radius 2 is 2.14 bits per heavy atom. The van der Waals surface area contributed by atoms with Gasteiger partial charge in [-0.25, -0.2) is 8.78 Å². The van der Waals surface area contributed by atoms with Crippen molar-refractivity contribution in [3.63, 3.8) is 0 Å². The maximum atomic E-state index is 13.5. The standard InChI is InChI=1S/C11H13F2N/c1-11(6-8(12)7-14-11)9-4-2-3-5-10(9)13/h2-5,8,14H,6-7H2,1H3. The summed E-state index contributed by atoms with van der Waals surface area (Å²) in [5.41, 5.74) is 0.00486. The molecule has 0 aromatic heterocycles. The fraction of sp³-hybridized carbons (Fsp3) is 0.455. The van der Waals surface area contributed by atoms with E-state index < -0.39 is 11.7 Å². The molecule has 0 aliphatic carbocycles. The Morgan fingerprint density at radius 1 is 1.43 bits per heavy atom. The average Bonchev–Trinajstić information content (AvgIpc) is 2.48. The number of hydrogen-bond donors (Lipinski definition) is 1. The Labute approximate surface area is 82.1 Å². The molecule has 3 heteroatoms. The Balaban J connectivity index is 2.35. The number of hydrogen-bond acceptors (Lipinski definition) is 1. The van der Waals surface area contributed by atoms with Crippen molar-refractivity contribution in [2.75, 3.05) is 6.54 Å². The molecule has 1 aliphatic rings. The summed E-state index contributed by atoms with van der Waals surface area (Å²) in [4.78, 5) is 0. The van der Waals surface area contributed by atoms with Gasteiger partial charge in [-0.15, -0.1) is 0 Å². The van der Waals surface area contributed by atoms with Gasteiger partial charge >= 0.3 is 0 Å².